The van der Waals surface area contributed by atoms with E-state index in [4.69, 9.17) is 32.7 Å². The predicted octanol–water partition coefficient (Wildman–Crippen LogP) is 6.09. The fourth-order valence-electron chi connectivity index (χ4n) is 4.07. The SMILES string of the molecule is CCOc1cc(/C=N\NC(=O)[C@H]2CC(=O)N(c3ccc(C)c(C)c3)C2)ccc1OCc1ccc(Cl)c(Cl)c1. The van der Waals surface area contributed by atoms with Gasteiger partial charge in [-0.05, 0) is 85.5 Å². The van der Waals surface area contributed by atoms with E-state index in [1.54, 1.807) is 29.2 Å². The first-order chi connectivity index (χ1) is 18.2. The number of aryl methyl sites for hydroxylation is 2. The molecule has 7 nitrogen and oxygen atoms in total. The van der Waals surface area contributed by atoms with Crippen LogP contribution in [0.2, 0.25) is 10.0 Å². The van der Waals surface area contributed by atoms with Gasteiger partial charge >= 0.3 is 0 Å². The van der Waals surface area contributed by atoms with E-state index < -0.39 is 5.92 Å². The Balaban J connectivity index is 1.36. The summed E-state index contributed by atoms with van der Waals surface area (Å²) in [7, 11) is 0. The first-order valence-corrected chi connectivity index (χ1v) is 13.0. The van der Waals surface area contributed by atoms with E-state index in [0.717, 1.165) is 27.9 Å². The number of nitrogens with one attached hydrogen (secondary N) is 1. The van der Waals surface area contributed by atoms with Crippen LogP contribution in [0.5, 0.6) is 11.5 Å². The molecule has 3 aromatic carbocycles. The molecule has 2 amide bonds. The Kier molecular flexibility index (Phi) is 8.92. The highest BCUT2D eigenvalue weighted by atomic mass is 35.5. The number of ether oxygens (including phenoxy) is 2. The van der Waals surface area contributed by atoms with Gasteiger partial charge in [0, 0.05) is 18.7 Å². The third-order valence-electron chi connectivity index (χ3n) is 6.33. The maximum atomic E-state index is 12.7. The van der Waals surface area contributed by atoms with Gasteiger partial charge < -0.3 is 14.4 Å². The van der Waals surface area contributed by atoms with Gasteiger partial charge in [0.1, 0.15) is 6.61 Å². The molecule has 0 radical (unpaired) electrons. The van der Waals surface area contributed by atoms with Crippen LogP contribution in [0.1, 0.15) is 35.6 Å². The zero-order valence-corrected chi connectivity index (χ0v) is 23.0. The van der Waals surface area contributed by atoms with E-state index in [1.165, 1.54) is 6.21 Å². The molecule has 1 aliphatic heterocycles. The van der Waals surface area contributed by atoms with Crippen molar-refractivity contribution in [1.82, 2.24) is 5.43 Å². The number of halogens is 2. The molecule has 38 heavy (non-hydrogen) atoms. The number of nitrogens with zero attached hydrogens (tertiary/aromatic N) is 2. The van der Waals surface area contributed by atoms with Gasteiger partial charge in [-0.25, -0.2) is 5.43 Å². The quantitative estimate of drug-likeness (QED) is 0.257. The van der Waals surface area contributed by atoms with E-state index in [2.05, 4.69) is 10.5 Å². The largest absolute Gasteiger partial charge is 0.490 e. The van der Waals surface area contributed by atoms with Gasteiger partial charge in [0.15, 0.2) is 11.5 Å². The predicted molar refractivity (Wildman–Crippen MR) is 151 cm³/mol. The molecule has 0 spiro atoms. The van der Waals surface area contributed by atoms with E-state index >= 15 is 0 Å². The second kappa shape index (κ2) is 12.3. The Morgan fingerprint density at radius 3 is 2.58 bits per heavy atom. The van der Waals surface area contributed by atoms with Gasteiger partial charge in [0.2, 0.25) is 11.8 Å². The standard InChI is InChI=1S/C29H29Cl2N3O4/c1-4-37-27-13-20(7-10-26(27)38-17-21-6-9-24(30)25(31)12-21)15-32-33-29(36)22-14-28(35)34(16-22)23-8-5-18(2)19(3)11-23/h5-13,15,22H,4,14,16-17H2,1-3H3,(H,33,36)/b32-15-/t22-/m0/s1. The average Bonchev–Trinajstić information content (AvgIpc) is 3.29. The van der Waals surface area contributed by atoms with Crippen molar-refractivity contribution in [3.63, 3.8) is 0 Å². The van der Waals surface area contributed by atoms with Crippen molar-refractivity contribution >= 4 is 46.9 Å². The highest BCUT2D eigenvalue weighted by molar-refractivity contribution is 6.42. The molecule has 0 aromatic heterocycles. The van der Waals surface area contributed by atoms with Crippen molar-refractivity contribution in [2.24, 2.45) is 11.0 Å². The Hall–Kier alpha value is -3.55. The summed E-state index contributed by atoms with van der Waals surface area (Å²) in [5.74, 6) is 0.267. The molecular weight excluding hydrogens is 525 g/mol. The second-order valence-electron chi connectivity index (χ2n) is 9.08. The number of anilines is 1. The number of rotatable bonds is 9. The molecule has 0 bridgehead atoms. The van der Waals surface area contributed by atoms with Crippen LogP contribution in [-0.4, -0.2) is 31.2 Å². The molecule has 198 valence electrons. The van der Waals surface area contributed by atoms with Crippen molar-refractivity contribution in [3.8, 4) is 11.5 Å². The molecule has 1 N–H and O–H groups in total. The molecule has 1 aliphatic rings. The monoisotopic (exact) mass is 553 g/mol. The second-order valence-corrected chi connectivity index (χ2v) is 9.90. The topological polar surface area (TPSA) is 80.2 Å². The Morgan fingerprint density at radius 2 is 1.84 bits per heavy atom. The minimum atomic E-state index is -0.475. The summed E-state index contributed by atoms with van der Waals surface area (Å²) in [4.78, 5) is 26.9. The maximum absolute atomic E-state index is 12.7. The van der Waals surface area contributed by atoms with Crippen molar-refractivity contribution in [2.45, 2.75) is 33.8 Å². The molecule has 9 heteroatoms. The third-order valence-corrected chi connectivity index (χ3v) is 7.07. The summed E-state index contributed by atoms with van der Waals surface area (Å²) in [5, 5.41) is 5.05. The summed E-state index contributed by atoms with van der Waals surface area (Å²) >= 11 is 12.1. The number of carbonyl (C=O) groups is 2. The van der Waals surface area contributed by atoms with Crippen LogP contribution < -0.4 is 19.8 Å². The summed E-state index contributed by atoms with van der Waals surface area (Å²) in [5.41, 5.74) is 7.22. The summed E-state index contributed by atoms with van der Waals surface area (Å²) in [6.45, 7) is 6.97. The Labute approximate surface area is 232 Å². The molecule has 1 atom stereocenters. The summed E-state index contributed by atoms with van der Waals surface area (Å²) in [6.07, 6.45) is 1.68. The number of hydrazone groups is 1. The molecule has 1 heterocycles. The molecule has 4 rings (SSSR count). The highest BCUT2D eigenvalue weighted by Gasteiger charge is 2.35. The fraction of sp³-hybridized carbons (Fsp3) is 0.276. The first-order valence-electron chi connectivity index (χ1n) is 12.3. The number of carbonyl (C=O) groups excluding carboxylic acids is 2. The molecule has 1 fully saturated rings. The van der Waals surface area contributed by atoms with Crippen LogP contribution in [0.25, 0.3) is 0 Å². The lowest BCUT2D eigenvalue weighted by Gasteiger charge is -2.17. The molecule has 1 saturated heterocycles. The zero-order chi connectivity index (χ0) is 27.2. The minimum absolute atomic E-state index is 0.0739. The van der Waals surface area contributed by atoms with Crippen LogP contribution in [0.3, 0.4) is 0 Å². The van der Waals surface area contributed by atoms with Crippen molar-refractivity contribution in [1.29, 1.82) is 0 Å². The van der Waals surface area contributed by atoms with Gasteiger partial charge in [0.25, 0.3) is 0 Å². The minimum Gasteiger partial charge on any atom is -0.490 e. The van der Waals surface area contributed by atoms with Crippen LogP contribution in [0, 0.1) is 19.8 Å². The molecule has 3 aromatic rings. The van der Waals surface area contributed by atoms with Gasteiger partial charge in [-0.2, -0.15) is 5.10 Å². The Morgan fingerprint density at radius 1 is 1.03 bits per heavy atom. The Bertz CT molecular complexity index is 1380. The van der Waals surface area contributed by atoms with Gasteiger partial charge in [-0.15, -0.1) is 0 Å². The molecule has 0 aliphatic carbocycles. The van der Waals surface area contributed by atoms with E-state index in [0.29, 0.717) is 41.3 Å². The van der Waals surface area contributed by atoms with Crippen molar-refractivity contribution in [2.75, 3.05) is 18.1 Å². The molecular formula is C29H29Cl2N3O4. The lowest BCUT2D eigenvalue weighted by atomic mass is 10.1. The smallest absolute Gasteiger partial charge is 0.245 e. The number of amides is 2. The lowest BCUT2D eigenvalue weighted by Crippen LogP contribution is -2.30. The first kappa shape index (κ1) is 27.5. The van der Waals surface area contributed by atoms with Crippen molar-refractivity contribution < 1.29 is 19.1 Å². The van der Waals surface area contributed by atoms with Crippen molar-refractivity contribution in [3.05, 3.63) is 86.9 Å². The lowest BCUT2D eigenvalue weighted by molar-refractivity contribution is -0.126. The van der Waals surface area contributed by atoms with Gasteiger partial charge in [-0.3, -0.25) is 9.59 Å². The normalized spacial score (nSPS) is 15.2. The van der Waals surface area contributed by atoms with Crippen LogP contribution in [0.4, 0.5) is 5.69 Å². The van der Waals surface area contributed by atoms with Gasteiger partial charge in [-0.1, -0.05) is 35.3 Å². The van der Waals surface area contributed by atoms with Crippen LogP contribution in [-0.2, 0) is 16.2 Å². The average molecular weight is 554 g/mol. The number of hydrogen-bond donors (Lipinski definition) is 1. The van der Waals surface area contributed by atoms with Gasteiger partial charge in [0.05, 0.1) is 28.8 Å². The highest BCUT2D eigenvalue weighted by Crippen LogP contribution is 2.30. The molecule has 0 unspecified atom stereocenters. The van der Waals surface area contributed by atoms with E-state index in [1.807, 2.05) is 51.1 Å². The third kappa shape index (κ3) is 6.65. The number of hydrogen-bond acceptors (Lipinski definition) is 5. The molecule has 0 saturated carbocycles. The fourth-order valence-corrected chi connectivity index (χ4v) is 4.39. The maximum Gasteiger partial charge on any atom is 0.245 e. The van der Waals surface area contributed by atoms with Crippen LogP contribution in [0.15, 0.2) is 59.7 Å². The summed E-state index contributed by atoms with van der Waals surface area (Å²) < 4.78 is 11.7. The van der Waals surface area contributed by atoms with E-state index in [9.17, 15) is 9.59 Å². The van der Waals surface area contributed by atoms with E-state index in [-0.39, 0.29) is 18.2 Å². The number of benzene rings is 3. The summed E-state index contributed by atoms with van der Waals surface area (Å²) in [6, 6.07) is 16.6. The zero-order valence-electron chi connectivity index (χ0n) is 21.5. The van der Waals surface area contributed by atoms with Crippen LogP contribution >= 0.6 is 23.2 Å².